The molecule has 0 bridgehead atoms. The number of alkyl halides is 3. The minimum absolute atomic E-state index is 0.0744. The summed E-state index contributed by atoms with van der Waals surface area (Å²) in [5.74, 6) is -1.69. The number of anilines is 1. The van der Waals surface area contributed by atoms with Crippen molar-refractivity contribution in [2.75, 3.05) is 5.32 Å². The molecule has 132 valence electrons. The van der Waals surface area contributed by atoms with Gasteiger partial charge in [0.1, 0.15) is 6.04 Å². The van der Waals surface area contributed by atoms with Crippen molar-refractivity contribution in [1.82, 2.24) is 0 Å². The second-order valence-corrected chi connectivity index (χ2v) is 6.64. The fraction of sp³-hybridized carbons (Fsp3) is 0.235. The van der Waals surface area contributed by atoms with Gasteiger partial charge in [-0.1, -0.05) is 41.4 Å². The van der Waals surface area contributed by atoms with Crippen LogP contribution >= 0.6 is 23.2 Å². The molecule has 3 nitrogen and oxygen atoms in total. The Morgan fingerprint density at radius 3 is 2.56 bits per heavy atom. The zero-order valence-corrected chi connectivity index (χ0v) is 14.1. The first-order chi connectivity index (χ1) is 11.7. The molecule has 2 N–H and O–H groups in total. The quantitative estimate of drug-likeness (QED) is 0.721. The fourth-order valence-electron chi connectivity index (χ4n) is 3.06. The van der Waals surface area contributed by atoms with Crippen molar-refractivity contribution in [3.05, 3.63) is 63.1 Å². The summed E-state index contributed by atoms with van der Waals surface area (Å²) < 4.78 is 39.1. The first-order valence-electron chi connectivity index (χ1n) is 7.32. The highest BCUT2D eigenvalue weighted by Gasteiger charge is 2.35. The van der Waals surface area contributed by atoms with Gasteiger partial charge in [-0.2, -0.15) is 13.2 Å². The molecule has 1 heterocycles. The lowest BCUT2D eigenvalue weighted by atomic mass is 9.81. The third kappa shape index (κ3) is 3.55. The van der Waals surface area contributed by atoms with Crippen LogP contribution in [0.4, 0.5) is 18.9 Å². The van der Waals surface area contributed by atoms with E-state index in [0.29, 0.717) is 21.8 Å². The summed E-state index contributed by atoms with van der Waals surface area (Å²) in [6.07, 6.45) is -4.41. The lowest BCUT2D eigenvalue weighted by Crippen LogP contribution is -2.35. The molecule has 2 atom stereocenters. The van der Waals surface area contributed by atoms with Crippen molar-refractivity contribution in [2.45, 2.75) is 24.6 Å². The smallest absolute Gasteiger partial charge is 0.416 e. The van der Waals surface area contributed by atoms with Crippen LogP contribution in [0.2, 0.25) is 10.0 Å². The van der Waals surface area contributed by atoms with E-state index >= 15 is 0 Å². The second kappa shape index (κ2) is 6.42. The van der Waals surface area contributed by atoms with Crippen LogP contribution in [0.1, 0.15) is 29.0 Å². The molecule has 2 unspecified atom stereocenters. The molecular formula is C17H12Cl2F3NO2. The Morgan fingerprint density at radius 2 is 1.92 bits per heavy atom. The van der Waals surface area contributed by atoms with Gasteiger partial charge in [0.2, 0.25) is 0 Å². The Balaban J connectivity index is 2.14. The minimum Gasteiger partial charge on any atom is -0.480 e. The van der Waals surface area contributed by atoms with E-state index in [1.54, 1.807) is 6.07 Å². The number of benzene rings is 2. The van der Waals surface area contributed by atoms with Crippen LogP contribution in [0.5, 0.6) is 0 Å². The van der Waals surface area contributed by atoms with E-state index in [2.05, 4.69) is 5.32 Å². The SMILES string of the molecule is O=C(O)C1CC(c2cccc(C(F)(F)F)c2)c2c(Cl)cc(Cl)cc2N1. The predicted molar refractivity (Wildman–Crippen MR) is 89.4 cm³/mol. The van der Waals surface area contributed by atoms with E-state index < -0.39 is 29.7 Å². The standard InChI is InChI=1S/C17H12Cl2F3NO2/c18-10-5-12(19)15-11(7-14(16(24)25)23-13(15)6-10)8-2-1-3-9(4-8)17(20,21)22/h1-6,11,14,23H,7H2,(H,24,25). The van der Waals surface area contributed by atoms with Crippen LogP contribution in [0.15, 0.2) is 36.4 Å². The number of carbonyl (C=O) groups is 1. The van der Waals surface area contributed by atoms with E-state index in [1.165, 1.54) is 18.2 Å². The highest BCUT2D eigenvalue weighted by molar-refractivity contribution is 6.35. The Labute approximate surface area is 151 Å². The van der Waals surface area contributed by atoms with Gasteiger partial charge in [-0.15, -0.1) is 0 Å². The van der Waals surface area contributed by atoms with Crippen LogP contribution in [0, 0.1) is 0 Å². The summed E-state index contributed by atoms with van der Waals surface area (Å²) in [7, 11) is 0. The first kappa shape index (κ1) is 17.9. The zero-order valence-electron chi connectivity index (χ0n) is 12.6. The monoisotopic (exact) mass is 389 g/mol. The lowest BCUT2D eigenvalue weighted by Gasteiger charge is -2.32. The number of carboxylic acid groups (broad SMARTS) is 1. The molecular weight excluding hydrogens is 378 g/mol. The van der Waals surface area contributed by atoms with Crippen molar-refractivity contribution in [1.29, 1.82) is 0 Å². The predicted octanol–water partition coefficient (Wildman–Crippen LogP) is 5.41. The molecule has 0 saturated heterocycles. The summed E-state index contributed by atoms with van der Waals surface area (Å²) in [5.41, 5.74) is 0.525. The van der Waals surface area contributed by atoms with E-state index in [4.69, 9.17) is 23.2 Å². The highest BCUT2D eigenvalue weighted by atomic mass is 35.5. The number of carboxylic acids is 1. The highest BCUT2D eigenvalue weighted by Crippen LogP contribution is 2.45. The third-order valence-electron chi connectivity index (χ3n) is 4.16. The van der Waals surface area contributed by atoms with Crippen molar-refractivity contribution >= 4 is 34.9 Å². The number of fused-ring (bicyclic) bond motifs is 1. The summed E-state index contributed by atoms with van der Waals surface area (Å²) in [6, 6.07) is 6.91. The molecule has 0 saturated carbocycles. The van der Waals surface area contributed by atoms with Crippen molar-refractivity contribution in [2.24, 2.45) is 0 Å². The molecule has 0 fully saturated rings. The lowest BCUT2D eigenvalue weighted by molar-refractivity contribution is -0.139. The topological polar surface area (TPSA) is 49.3 Å². The maximum Gasteiger partial charge on any atom is 0.416 e. The average molecular weight is 390 g/mol. The van der Waals surface area contributed by atoms with Crippen LogP contribution in [0.25, 0.3) is 0 Å². The number of nitrogens with one attached hydrogen (secondary N) is 1. The fourth-order valence-corrected chi connectivity index (χ4v) is 3.68. The molecule has 2 aromatic rings. The molecule has 0 aliphatic carbocycles. The number of hydrogen-bond acceptors (Lipinski definition) is 2. The van der Waals surface area contributed by atoms with E-state index in [1.807, 2.05) is 0 Å². The second-order valence-electron chi connectivity index (χ2n) is 5.80. The van der Waals surface area contributed by atoms with Crippen molar-refractivity contribution in [3.8, 4) is 0 Å². The van der Waals surface area contributed by atoms with E-state index in [-0.39, 0.29) is 11.4 Å². The van der Waals surface area contributed by atoms with Crippen LogP contribution in [-0.4, -0.2) is 17.1 Å². The molecule has 0 radical (unpaired) electrons. The summed E-state index contributed by atoms with van der Waals surface area (Å²) >= 11 is 12.2. The molecule has 8 heteroatoms. The first-order valence-corrected chi connectivity index (χ1v) is 8.08. The van der Waals surface area contributed by atoms with Crippen LogP contribution in [0.3, 0.4) is 0 Å². The average Bonchev–Trinajstić information content (AvgIpc) is 2.52. The van der Waals surface area contributed by atoms with Gasteiger partial charge in [0.15, 0.2) is 0 Å². The van der Waals surface area contributed by atoms with Gasteiger partial charge in [-0.05, 0) is 30.2 Å². The maximum atomic E-state index is 13.0. The molecule has 1 aliphatic heterocycles. The Hall–Kier alpha value is -1.92. The van der Waals surface area contributed by atoms with Gasteiger partial charge in [-0.25, -0.2) is 4.79 Å². The molecule has 0 aromatic heterocycles. The Kier molecular flexibility index (Phi) is 4.60. The molecule has 2 aromatic carbocycles. The molecule has 25 heavy (non-hydrogen) atoms. The van der Waals surface area contributed by atoms with Gasteiger partial charge in [-0.3, -0.25) is 0 Å². The number of aliphatic carboxylic acids is 1. The normalized spacial score (nSPS) is 19.9. The van der Waals surface area contributed by atoms with E-state index in [9.17, 15) is 23.1 Å². The Bertz CT molecular complexity index is 839. The number of halogens is 5. The summed E-state index contributed by atoms with van der Waals surface area (Å²) in [5, 5.41) is 12.8. The van der Waals surface area contributed by atoms with Gasteiger partial charge in [0.25, 0.3) is 0 Å². The maximum absolute atomic E-state index is 13.0. The zero-order chi connectivity index (χ0) is 18.4. The van der Waals surface area contributed by atoms with Gasteiger partial charge in [0, 0.05) is 27.2 Å². The van der Waals surface area contributed by atoms with Gasteiger partial charge < -0.3 is 10.4 Å². The summed E-state index contributed by atoms with van der Waals surface area (Å²) in [4.78, 5) is 11.4. The van der Waals surface area contributed by atoms with Crippen LogP contribution < -0.4 is 5.32 Å². The molecule has 0 amide bonds. The largest absolute Gasteiger partial charge is 0.480 e. The molecule has 0 spiro atoms. The van der Waals surface area contributed by atoms with Crippen molar-refractivity contribution in [3.63, 3.8) is 0 Å². The minimum atomic E-state index is -4.48. The molecule has 1 aliphatic rings. The summed E-state index contributed by atoms with van der Waals surface area (Å²) in [6.45, 7) is 0. The van der Waals surface area contributed by atoms with E-state index in [0.717, 1.165) is 12.1 Å². The Morgan fingerprint density at radius 1 is 1.20 bits per heavy atom. The number of rotatable bonds is 2. The van der Waals surface area contributed by atoms with Gasteiger partial charge >= 0.3 is 12.1 Å². The van der Waals surface area contributed by atoms with Crippen molar-refractivity contribution < 1.29 is 23.1 Å². The third-order valence-corrected chi connectivity index (χ3v) is 4.69. The molecule has 3 rings (SSSR count). The van der Waals surface area contributed by atoms with Crippen LogP contribution in [-0.2, 0) is 11.0 Å². The number of hydrogen-bond donors (Lipinski definition) is 2. The van der Waals surface area contributed by atoms with Gasteiger partial charge in [0.05, 0.1) is 5.56 Å².